The van der Waals surface area contributed by atoms with E-state index in [0.29, 0.717) is 22.4 Å². The Bertz CT molecular complexity index is 791. The van der Waals surface area contributed by atoms with Crippen LogP contribution in [0.3, 0.4) is 0 Å². The lowest BCUT2D eigenvalue weighted by Gasteiger charge is -2.19. The minimum atomic E-state index is -0.274. The zero-order chi connectivity index (χ0) is 17.8. The molecule has 0 radical (unpaired) electrons. The van der Waals surface area contributed by atoms with Crippen molar-refractivity contribution < 1.29 is 4.79 Å². The minimum absolute atomic E-state index is 0.0126. The summed E-state index contributed by atoms with van der Waals surface area (Å²) in [7, 11) is 0. The van der Waals surface area contributed by atoms with Gasteiger partial charge in [-0.1, -0.05) is 37.4 Å². The number of thiophene rings is 1. The maximum Gasteiger partial charge on any atom is 0.272 e. The van der Waals surface area contributed by atoms with E-state index < -0.39 is 0 Å². The number of aromatic nitrogens is 2. The van der Waals surface area contributed by atoms with E-state index >= 15 is 0 Å². The van der Waals surface area contributed by atoms with Crippen molar-refractivity contribution in [1.29, 1.82) is 0 Å². The van der Waals surface area contributed by atoms with Crippen molar-refractivity contribution in [3.63, 3.8) is 0 Å². The van der Waals surface area contributed by atoms with E-state index in [0.717, 1.165) is 18.4 Å². The summed E-state index contributed by atoms with van der Waals surface area (Å²) < 4.78 is 2.35. The van der Waals surface area contributed by atoms with Crippen molar-refractivity contribution in [2.75, 3.05) is 0 Å². The molecule has 0 saturated heterocycles. The van der Waals surface area contributed by atoms with Crippen LogP contribution in [0.1, 0.15) is 52.4 Å². The molecule has 1 aliphatic carbocycles. The van der Waals surface area contributed by atoms with Gasteiger partial charge in [0.05, 0.1) is 10.8 Å². The number of rotatable bonds is 5. The molecule has 0 bridgehead atoms. The van der Waals surface area contributed by atoms with Gasteiger partial charge in [0.15, 0.2) is 5.16 Å². The molecule has 0 spiro atoms. The zero-order valence-corrected chi connectivity index (χ0v) is 16.4. The smallest absolute Gasteiger partial charge is 0.272 e. The molecule has 1 saturated carbocycles. The number of carbonyl (C=O) groups excluding carboxylic acids is 1. The standard InChI is InChI=1S/C18H25N3O2S2/c1-3-21-17(23)15-14(10-11-24-15)20-18(21)25-12(2)16(22)19-13-8-6-4-5-7-9-13/h10-13H,3-9H2,1-2H3,(H,19,22). The van der Waals surface area contributed by atoms with Crippen LogP contribution < -0.4 is 10.9 Å². The summed E-state index contributed by atoms with van der Waals surface area (Å²) in [4.78, 5) is 29.8. The van der Waals surface area contributed by atoms with Gasteiger partial charge < -0.3 is 5.32 Å². The third-order valence-corrected chi connectivity index (χ3v) is 6.68. The van der Waals surface area contributed by atoms with Gasteiger partial charge in [-0.25, -0.2) is 4.98 Å². The van der Waals surface area contributed by atoms with Crippen LogP contribution in [-0.4, -0.2) is 26.8 Å². The first-order valence-corrected chi connectivity index (χ1v) is 10.8. The van der Waals surface area contributed by atoms with Gasteiger partial charge in [0.25, 0.3) is 5.56 Å². The number of nitrogens with zero attached hydrogens (tertiary/aromatic N) is 2. The second-order valence-corrected chi connectivity index (χ2v) is 8.76. The average Bonchev–Trinajstić information content (AvgIpc) is 2.92. The quantitative estimate of drug-likeness (QED) is 0.488. The van der Waals surface area contributed by atoms with Crippen LogP contribution in [0.15, 0.2) is 21.4 Å². The number of fused-ring (bicyclic) bond motifs is 1. The highest BCUT2D eigenvalue weighted by atomic mass is 32.2. The van der Waals surface area contributed by atoms with E-state index in [2.05, 4.69) is 10.3 Å². The van der Waals surface area contributed by atoms with Crippen molar-refractivity contribution in [2.45, 2.75) is 75.4 Å². The van der Waals surface area contributed by atoms with Gasteiger partial charge in [0.1, 0.15) is 4.70 Å². The number of hydrogen-bond acceptors (Lipinski definition) is 5. The SMILES string of the molecule is CCn1c(SC(C)C(=O)NC2CCCCCC2)nc2ccsc2c1=O. The molecule has 7 heteroatoms. The number of nitrogens with one attached hydrogen (secondary N) is 1. The lowest BCUT2D eigenvalue weighted by atomic mass is 10.1. The predicted octanol–water partition coefficient (Wildman–Crippen LogP) is 3.80. The van der Waals surface area contributed by atoms with Crippen LogP contribution in [0.25, 0.3) is 10.2 Å². The second kappa shape index (κ2) is 8.36. The van der Waals surface area contributed by atoms with E-state index in [-0.39, 0.29) is 16.7 Å². The zero-order valence-electron chi connectivity index (χ0n) is 14.8. The van der Waals surface area contributed by atoms with Gasteiger partial charge in [-0.05, 0) is 38.1 Å². The molecule has 2 aromatic rings. The molecular formula is C18H25N3O2S2. The fourth-order valence-corrected chi connectivity index (χ4v) is 5.01. The fourth-order valence-electron chi connectivity index (χ4n) is 3.25. The first-order chi connectivity index (χ1) is 12.1. The Morgan fingerprint density at radius 3 is 2.80 bits per heavy atom. The van der Waals surface area contributed by atoms with E-state index in [9.17, 15) is 9.59 Å². The van der Waals surface area contributed by atoms with E-state index in [1.807, 2.05) is 25.3 Å². The van der Waals surface area contributed by atoms with Gasteiger partial charge in [-0.3, -0.25) is 14.2 Å². The predicted molar refractivity (Wildman–Crippen MR) is 105 cm³/mol. The molecule has 136 valence electrons. The van der Waals surface area contributed by atoms with Crippen LogP contribution in [-0.2, 0) is 11.3 Å². The monoisotopic (exact) mass is 379 g/mol. The van der Waals surface area contributed by atoms with Crippen molar-refractivity contribution in [1.82, 2.24) is 14.9 Å². The fraction of sp³-hybridized carbons (Fsp3) is 0.611. The highest BCUT2D eigenvalue weighted by Gasteiger charge is 2.22. The summed E-state index contributed by atoms with van der Waals surface area (Å²) in [6.45, 7) is 4.38. The number of thioether (sulfide) groups is 1. The van der Waals surface area contributed by atoms with Crippen molar-refractivity contribution >= 4 is 39.2 Å². The molecule has 2 aromatic heterocycles. The number of carbonyl (C=O) groups is 1. The maximum atomic E-state index is 12.6. The van der Waals surface area contributed by atoms with E-state index in [4.69, 9.17) is 0 Å². The van der Waals surface area contributed by atoms with E-state index in [1.165, 1.54) is 48.8 Å². The summed E-state index contributed by atoms with van der Waals surface area (Å²) in [5, 5.41) is 5.43. The van der Waals surface area contributed by atoms with Gasteiger partial charge in [0.2, 0.25) is 5.91 Å². The van der Waals surface area contributed by atoms with Crippen molar-refractivity contribution in [3.05, 3.63) is 21.8 Å². The van der Waals surface area contributed by atoms with Gasteiger partial charge in [0, 0.05) is 12.6 Å². The molecule has 1 amide bonds. The normalized spacial score (nSPS) is 17.4. The second-order valence-electron chi connectivity index (χ2n) is 6.54. The summed E-state index contributed by atoms with van der Waals surface area (Å²) >= 11 is 2.79. The largest absolute Gasteiger partial charge is 0.352 e. The van der Waals surface area contributed by atoms with E-state index in [1.54, 1.807) is 4.57 Å². The molecule has 0 aliphatic heterocycles. The first kappa shape index (κ1) is 18.5. The Balaban J connectivity index is 1.73. The Morgan fingerprint density at radius 1 is 1.40 bits per heavy atom. The average molecular weight is 380 g/mol. The topological polar surface area (TPSA) is 64.0 Å². The molecule has 2 heterocycles. The van der Waals surface area contributed by atoms with Crippen LogP contribution in [0.2, 0.25) is 0 Å². The Hall–Kier alpha value is -1.34. The Kier molecular flexibility index (Phi) is 6.17. The Labute approximate surface area is 156 Å². The van der Waals surface area contributed by atoms with Crippen LogP contribution >= 0.6 is 23.1 Å². The molecule has 1 fully saturated rings. The lowest BCUT2D eigenvalue weighted by molar-refractivity contribution is -0.121. The van der Waals surface area contributed by atoms with Gasteiger partial charge in [-0.15, -0.1) is 11.3 Å². The highest BCUT2D eigenvalue weighted by Crippen LogP contribution is 2.25. The minimum Gasteiger partial charge on any atom is -0.352 e. The molecule has 1 unspecified atom stereocenters. The molecule has 3 rings (SSSR count). The molecule has 1 aliphatic rings. The van der Waals surface area contributed by atoms with Crippen LogP contribution in [0.4, 0.5) is 0 Å². The maximum absolute atomic E-state index is 12.6. The summed E-state index contributed by atoms with van der Waals surface area (Å²) in [6.07, 6.45) is 7.06. The Morgan fingerprint density at radius 2 is 2.12 bits per heavy atom. The lowest BCUT2D eigenvalue weighted by Crippen LogP contribution is -2.39. The van der Waals surface area contributed by atoms with Gasteiger partial charge in [-0.2, -0.15) is 0 Å². The molecule has 0 aromatic carbocycles. The van der Waals surface area contributed by atoms with Crippen LogP contribution in [0.5, 0.6) is 0 Å². The third-order valence-electron chi connectivity index (χ3n) is 4.70. The van der Waals surface area contributed by atoms with Crippen molar-refractivity contribution in [3.8, 4) is 0 Å². The molecule has 1 atom stereocenters. The summed E-state index contributed by atoms with van der Waals surface area (Å²) in [5.74, 6) is 0.0409. The summed E-state index contributed by atoms with van der Waals surface area (Å²) in [5.41, 5.74) is 0.708. The molecule has 1 N–H and O–H groups in total. The summed E-state index contributed by atoms with van der Waals surface area (Å²) in [6, 6.07) is 2.15. The molecule has 25 heavy (non-hydrogen) atoms. The first-order valence-electron chi connectivity index (χ1n) is 9.05. The number of hydrogen-bond donors (Lipinski definition) is 1. The van der Waals surface area contributed by atoms with Crippen molar-refractivity contribution in [2.24, 2.45) is 0 Å². The highest BCUT2D eigenvalue weighted by molar-refractivity contribution is 8.00. The third kappa shape index (κ3) is 4.26. The van der Waals surface area contributed by atoms with Crippen LogP contribution in [0, 0.1) is 0 Å². The van der Waals surface area contributed by atoms with Gasteiger partial charge >= 0.3 is 0 Å². The molecular weight excluding hydrogens is 354 g/mol. The number of amides is 1. The molecule has 5 nitrogen and oxygen atoms in total.